The zero-order valence-electron chi connectivity index (χ0n) is 12.2. The normalized spacial score (nSPS) is 10.7. The van der Waals surface area contributed by atoms with E-state index in [2.05, 4.69) is 84.9 Å². The molecule has 0 unspecified atom stereocenters. The summed E-state index contributed by atoms with van der Waals surface area (Å²) in [5.41, 5.74) is 0. The molecule has 0 aliphatic rings. The average molecular weight is 280 g/mol. The first kappa shape index (κ1) is 12.8. The Morgan fingerprint density at radius 2 is 0.545 bits per heavy atom. The van der Waals surface area contributed by atoms with Crippen molar-refractivity contribution >= 4 is 32.3 Å². The molecular formula is C22H16. The van der Waals surface area contributed by atoms with E-state index >= 15 is 0 Å². The predicted molar refractivity (Wildman–Crippen MR) is 96.6 cm³/mol. The molecule has 0 aliphatic heterocycles. The Bertz CT molecular complexity index is 931. The lowest BCUT2D eigenvalue weighted by molar-refractivity contribution is 1.76. The summed E-state index contributed by atoms with van der Waals surface area (Å²) in [5.74, 6) is 0. The molecule has 4 rings (SSSR count). The molecule has 0 amide bonds. The van der Waals surface area contributed by atoms with Crippen molar-refractivity contribution in [2.45, 2.75) is 0 Å². The number of fused-ring (bicyclic) bond motifs is 3. The molecule has 0 bridgehead atoms. The molecule has 0 spiro atoms. The van der Waals surface area contributed by atoms with Crippen LogP contribution in [0.4, 0.5) is 0 Å². The van der Waals surface area contributed by atoms with Gasteiger partial charge in [0.25, 0.3) is 0 Å². The van der Waals surface area contributed by atoms with Crippen LogP contribution in [-0.2, 0) is 0 Å². The van der Waals surface area contributed by atoms with Crippen molar-refractivity contribution in [3.8, 4) is 0 Å². The second kappa shape index (κ2) is 5.50. The Morgan fingerprint density at radius 3 is 0.909 bits per heavy atom. The van der Waals surface area contributed by atoms with E-state index < -0.39 is 0 Å². The molecule has 0 fully saturated rings. The molecule has 0 saturated heterocycles. The summed E-state index contributed by atoms with van der Waals surface area (Å²) in [6.45, 7) is 0. The van der Waals surface area contributed by atoms with Crippen LogP contribution in [0.3, 0.4) is 0 Å². The van der Waals surface area contributed by atoms with Crippen LogP contribution in [0.2, 0.25) is 0 Å². The van der Waals surface area contributed by atoms with Gasteiger partial charge in [0.05, 0.1) is 0 Å². The van der Waals surface area contributed by atoms with E-state index in [4.69, 9.17) is 0 Å². The zero-order valence-corrected chi connectivity index (χ0v) is 12.2. The van der Waals surface area contributed by atoms with Gasteiger partial charge in [-0.2, -0.15) is 0 Å². The van der Waals surface area contributed by atoms with Gasteiger partial charge in [-0.25, -0.2) is 0 Å². The van der Waals surface area contributed by atoms with Crippen LogP contribution in [0.5, 0.6) is 0 Å². The number of benzene rings is 3. The van der Waals surface area contributed by atoms with Gasteiger partial charge in [0.1, 0.15) is 0 Å². The van der Waals surface area contributed by atoms with Crippen molar-refractivity contribution < 1.29 is 0 Å². The standard InChI is InChI=1S/C22H16/c1-2-4-6-10-18-14-22-16-20-12-8-7-11-19(20)15-21(22)13-17(18)9-5-3-1/h1-16H. The average Bonchev–Trinajstić information content (AvgIpc) is 2.56. The Morgan fingerprint density at radius 1 is 0.273 bits per heavy atom. The third-order valence-electron chi connectivity index (χ3n) is 4.01. The summed E-state index contributed by atoms with van der Waals surface area (Å²) in [7, 11) is 0. The highest BCUT2D eigenvalue weighted by Crippen LogP contribution is 2.26. The maximum Gasteiger partial charge on any atom is -0.0171 e. The minimum absolute atomic E-state index is 1.25. The molecule has 0 aliphatic carbocycles. The molecule has 104 valence electrons. The van der Waals surface area contributed by atoms with Crippen LogP contribution >= 0.6 is 0 Å². The van der Waals surface area contributed by atoms with Crippen molar-refractivity contribution in [2.75, 3.05) is 0 Å². The fourth-order valence-electron chi connectivity index (χ4n) is 2.89. The van der Waals surface area contributed by atoms with Gasteiger partial charge in [-0.1, -0.05) is 72.8 Å². The molecule has 0 aromatic heterocycles. The van der Waals surface area contributed by atoms with Crippen LogP contribution in [-0.4, -0.2) is 0 Å². The van der Waals surface area contributed by atoms with Crippen LogP contribution in [0.1, 0.15) is 0 Å². The van der Waals surface area contributed by atoms with E-state index in [0.717, 1.165) is 0 Å². The topological polar surface area (TPSA) is 0 Å². The van der Waals surface area contributed by atoms with Crippen LogP contribution < -0.4 is 0 Å². The number of hydrogen-bond donors (Lipinski definition) is 0. The summed E-state index contributed by atoms with van der Waals surface area (Å²) in [6.07, 6.45) is 0. The molecule has 4 aromatic carbocycles. The predicted octanol–water partition coefficient (Wildman–Crippen LogP) is 6.27. The van der Waals surface area contributed by atoms with Crippen LogP contribution in [0.15, 0.2) is 97.1 Å². The van der Waals surface area contributed by atoms with Crippen molar-refractivity contribution in [2.24, 2.45) is 0 Å². The number of rotatable bonds is 0. The first-order valence-electron chi connectivity index (χ1n) is 7.55. The third kappa shape index (κ3) is 2.40. The first-order valence-corrected chi connectivity index (χ1v) is 7.55. The second-order valence-electron chi connectivity index (χ2n) is 5.52. The SMILES string of the molecule is c1ccccc2cc3cc4ccccc4cc3cc2ccc1. The lowest BCUT2D eigenvalue weighted by atomic mass is 10.0. The molecule has 0 atom stereocenters. The quantitative estimate of drug-likeness (QED) is 0.333. The van der Waals surface area contributed by atoms with Gasteiger partial charge in [0.2, 0.25) is 0 Å². The van der Waals surface area contributed by atoms with Gasteiger partial charge >= 0.3 is 0 Å². The minimum atomic E-state index is 1.25. The third-order valence-corrected chi connectivity index (χ3v) is 4.01. The Labute approximate surface area is 130 Å². The smallest absolute Gasteiger partial charge is 0.0171 e. The van der Waals surface area contributed by atoms with Gasteiger partial charge in [-0.3, -0.25) is 0 Å². The minimum Gasteiger partial charge on any atom is -0.0623 e. The fraction of sp³-hybridized carbons (Fsp3) is 0. The van der Waals surface area contributed by atoms with E-state index in [-0.39, 0.29) is 0 Å². The molecule has 0 N–H and O–H groups in total. The van der Waals surface area contributed by atoms with Crippen molar-refractivity contribution in [1.29, 1.82) is 0 Å². The summed E-state index contributed by atoms with van der Waals surface area (Å²) >= 11 is 0. The van der Waals surface area contributed by atoms with Crippen molar-refractivity contribution in [3.05, 3.63) is 97.1 Å². The lowest BCUT2D eigenvalue weighted by Crippen LogP contribution is -1.77. The molecule has 0 heteroatoms. The van der Waals surface area contributed by atoms with Crippen LogP contribution in [0, 0.1) is 0 Å². The van der Waals surface area contributed by atoms with Crippen molar-refractivity contribution in [3.63, 3.8) is 0 Å². The monoisotopic (exact) mass is 280 g/mol. The molecule has 0 radical (unpaired) electrons. The largest absolute Gasteiger partial charge is 0.0623 e. The van der Waals surface area contributed by atoms with Gasteiger partial charge < -0.3 is 0 Å². The van der Waals surface area contributed by atoms with Gasteiger partial charge in [-0.15, -0.1) is 0 Å². The number of hydrogen-bond acceptors (Lipinski definition) is 0. The highest BCUT2D eigenvalue weighted by molar-refractivity contribution is 6.04. The van der Waals surface area contributed by atoms with E-state index in [9.17, 15) is 0 Å². The summed E-state index contributed by atoms with van der Waals surface area (Å²) < 4.78 is 0. The fourth-order valence-corrected chi connectivity index (χ4v) is 2.89. The molecule has 0 saturated carbocycles. The van der Waals surface area contributed by atoms with Gasteiger partial charge in [0, 0.05) is 0 Å². The Balaban J connectivity index is 2.12. The Hall–Kier alpha value is -2.86. The molecule has 22 heavy (non-hydrogen) atoms. The van der Waals surface area contributed by atoms with Crippen LogP contribution in [0.25, 0.3) is 32.3 Å². The van der Waals surface area contributed by atoms with Gasteiger partial charge in [-0.05, 0) is 56.6 Å². The maximum absolute atomic E-state index is 2.27. The summed E-state index contributed by atoms with van der Waals surface area (Å²) in [6, 6.07) is 34.4. The van der Waals surface area contributed by atoms with Gasteiger partial charge in [0.15, 0.2) is 0 Å². The van der Waals surface area contributed by atoms with E-state index in [1.807, 2.05) is 12.1 Å². The molecule has 4 aromatic rings. The van der Waals surface area contributed by atoms with Crippen molar-refractivity contribution in [1.82, 2.24) is 0 Å². The zero-order chi connectivity index (χ0) is 14.8. The molecular weight excluding hydrogens is 264 g/mol. The lowest BCUT2D eigenvalue weighted by Gasteiger charge is -2.04. The second-order valence-corrected chi connectivity index (χ2v) is 5.52. The van der Waals surface area contributed by atoms with E-state index in [0.29, 0.717) is 0 Å². The molecule has 0 heterocycles. The van der Waals surface area contributed by atoms with E-state index in [1.54, 1.807) is 0 Å². The Kier molecular flexibility index (Phi) is 3.21. The van der Waals surface area contributed by atoms with E-state index in [1.165, 1.54) is 32.3 Å². The first-order chi connectivity index (χ1) is 10.9. The highest BCUT2D eigenvalue weighted by Gasteiger charge is 1.99. The summed E-state index contributed by atoms with van der Waals surface area (Å²) in [4.78, 5) is 0. The molecule has 0 nitrogen and oxygen atoms in total. The summed E-state index contributed by atoms with van der Waals surface area (Å²) in [5, 5.41) is 7.64. The maximum atomic E-state index is 2.27. The highest BCUT2D eigenvalue weighted by atomic mass is 14.0.